The highest BCUT2D eigenvalue weighted by Crippen LogP contribution is 2.51. The zero-order valence-electron chi connectivity index (χ0n) is 19.0. The van der Waals surface area contributed by atoms with Crippen molar-refractivity contribution in [2.24, 2.45) is 5.41 Å². The summed E-state index contributed by atoms with van der Waals surface area (Å²) in [6.45, 7) is 8.63. The molecule has 0 N–H and O–H groups in total. The Morgan fingerprint density at radius 3 is 2.42 bits per heavy atom. The molecule has 3 aliphatic rings. The van der Waals surface area contributed by atoms with Crippen LogP contribution in [0.25, 0.3) is 0 Å². The van der Waals surface area contributed by atoms with Gasteiger partial charge in [0, 0.05) is 37.8 Å². The molecule has 170 valence electrons. The van der Waals surface area contributed by atoms with E-state index in [4.69, 9.17) is 9.47 Å². The maximum Gasteiger partial charge on any atom is 0.410 e. The lowest BCUT2D eigenvalue weighted by atomic mass is 9.60. The molecule has 0 aromatic heterocycles. The van der Waals surface area contributed by atoms with Gasteiger partial charge in [-0.3, -0.25) is 4.90 Å². The van der Waals surface area contributed by atoms with Gasteiger partial charge in [0.15, 0.2) is 0 Å². The summed E-state index contributed by atoms with van der Waals surface area (Å²) in [5, 5.41) is 0. The number of ether oxygens (including phenoxy) is 2. The number of fused-ring (bicyclic) bond motifs is 1. The smallest absolute Gasteiger partial charge is 0.410 e. The molecule has 1 spiro atoms. The van der Waals surface area contributed by atoms with Gasteiger partial charge in [-0.05, 0) is 76.0 Å². The fourth-order valence-electron chi connectivity index (χ4n) is 5.28. The Hall–Kier alpha value is -2.15. The highest BCUT2D eigenvalue weighted by atomic mass is 19.1. The molecule has 2 heterocycles. The highest BCUT2D eigenvalue weighted by Gasteiger charge is 2.49. The second kappa shape index (κ2) is 8.08. The van der Waals surface area contributed by atoms with Gasteiger partial charge in [0.05, 0.1) is 12.7 Å². The van der Waals surface area contributed by atoms with Crippen molar-refractivity contribution in [1.82, 2.24) is 9.80 Å². The summed E-state index contributed by atoms with van der Waals surface area (Å²) in [5.41, 5.74) is 1.74. The molecule has 1 saturated heterocycles. The fraction of sp³-hybridized carbons (Fsp3) is 0.667. The number of piperidine rings is 1. The van der Waals surface area contributed by atoms with Crippen molar-refractivity contribution in [2.45, 2.75) is 71.1 Å². The van der Waals surface area contributed by atoms with Crippen molar-refractivity contribution < 1.29 is 23.5 Å². The molecule has 6 nitrogen and oxygen atoms in total. The second-order valence-corrected chi connectivity index (χ2v) is 10.3. The third kappa shape index (κ3) is 4.56. The second-order valence-electron chi connectivity index (χ2n) is 10.3. The molecule has 0 radical (unpaired) electrons. The monoisotopic (exact) mass is 432 g/mol. The van der Waals surface area contributed by atoms with Crippen LogP contribution >= 0.6 is 0 Å². The zero-order chi connectivity index (χ0) is 22.4. The van der Waals surface area contributed by atoms with Crippen LogP contribution in [0.4, 0.5) is 9.18 Å². The molecule has 1 saturated carbocycles. The van der Waals surface area contributed by atoms with Gasteiger partial charge < -0.3 is 14.4 Å². The van der Waals surface area contributed by atoms with E-state index in [0.29, 0.717) is 23.6 Å². The third-order valence-electron chi connectivity index (χ3n) is 7.07. The maximum atomic E-state index is 14.7. The summed E-state index contributed by atoms with van der Waals surface area (Å²) in [7, 11) is 1.31. The van der Waals surface area contributed by atoms with Crippen molar-refractivity contribution in [3.8, 4) is 0 Å². The molecule has 1 amide bonds. The van der Waals surface area contributed by atoms with Crippen LogP contribution in [0.3, 0.4) is 0 Å². The normalized spacial score (nSPS) is 21.4. The Balaban J connectivity index is 1.32. The van der Waals surface area contributed by atoms with Crippen LogP contribution < -0.4 is 0 Å². The number of carbonyl (C=O) groups is 2. The van der Waals surface area contributed by atoms with E-state index in [-0.39, 0.29) is 17.5 Å². The van der Waals surface area contributed by atoms with E-state index in [2.05, 4.69) is 4.90 Å². The molecule has 2 fully saturated rings. The van der Waals surface area contributed by atoms with Crippen molar-refractivity contribution in [3.05, 3.63) is 34.6 Å². The summed E-state index contributed by atoms with van der Waals surface area (Å²) in [5.74, 6) is -0.815. The molecule has 0 bridgehead atoms. The first kappa shape index (κ1) is 22.1. The maximum absolute atomic E-state index is 14.7. The van der Waals surface area contributed by atoms with E-state index in [1.54, 1.807) is 6.07 Å². The summed E-state index contributed by atoms with van der Waals surface area (Å²) in [6.07, 6.45) is 4.74. The quantitative estimate of drug-likeness (QED) is 0.657. The van der Waals surface area contributed by atoms with E-state index >= 15 is 0 Å². The molecule has 1 aromatic rings. The van der Waals surface area contributed by atoms with Crippen LogP contribution in [0.15, 0.2) is 12.1 Å². The Bertz CT molecular complexity index is 863. The number of likely N-dealkylation sites (tertiary alicyclic amines) is 1. The Morgan fingerprint density at radius 1 is 1.13 bits per heavy atom. The van der Waals surface area contributed by atoms with E-state index in [0.717, 1.165) is 57.3 Å². The molecular formula is C24H33FN2O4. The molecule has 0 atom stereocenters. The first-order valence-electron chi connectivity index (χ1n) is 11.2. The SMILES string of the molecule is COC(=O)c1cc(F)c2c(c1)CCN(C1CC3(CCN(C(=O)OC(C)(C)C)CC3)C1)C2. The summed E-state index contributed by atoms with van der Waals surface area (Å²) < 4.78 is 24.9. The van der Waals surface area contributed by atoms with Crippen molar-refractivity contribution >= 4 is 12.1 Å². The lowest BCUT2D eigenvalue weighted by Crippen LogP contribution is -2.56. The van der Waals surface area contributed by atoms with E-state index in [1.165, 1.54) is 13.2 Å². The minimum atomic E-state index is -0.497. The van der Waals surface area contributed by atoms with Crippen molar-refractivity contribution in [1.29, 1.82) is 0 Å². The number of benzene rings is 1. The number of hydrogen-bond donors (Lipinski definition) is 0. The van der Waals surface area contributed by atoms with Crippen molar-refractivity contribution in [2.75, 3.05) is 26.7 Å². The number of carbonyl (C=O) groups excluding carboxylic acids is 2. The summed E-state index contributed by atoms with van der Waals surface area (Å²) in [6, 6.07) is 3.53. The van der Waals surface area contributed by atoms with Gasteiger partial charge in [0.2, 0.25) is 0 Å². The van der Waals surface area contributed by atoms with Gasteiger partial charge in [-0.25, -0.2) is 14.0 Å². The van der Waals surface area contributed by atoms with Crippen LogP contribution in [0.1, 0.15) is 67.9 Å². The summed E-state index contributed by atoms with van der Waals surface area (Å²) in [4.78, 5) is 28.3. The van der Waals surface area contributed by atoms with E-state index < -0.39 is 11.6 Å². The van der Waals surface area contributed by atoms with Crippen LogP contribution in [0, 0.1) is 11.2 Å². The third-order valence-corrected chi connectivity index (χ3v) is 7.07. The molecule has 7 heteroatoms. The number of esters is 1. The molecule has 4 rings (SSSR count). The van der Waals surface area contributed by atoms with Gasteiger partial charge >= 0.3 is 12.1 Å². The molecular weight excluding hydrogens is 399 g/mol. The molecule has 2 aliphatic heterocycles. The predicted molar refractivity (Wildman–Crippen MR) is 114 cm³/mol. The largest absolute Gasteiger partial charge is 0.465 e. The number of amides is 1. The standard InChI is InChI=1S/C24H33FN2O4/c1-23(2,3)31-22(29)26-9-6-24(7-10-26)13-18(14-24)27-8-5-16-11-17(21(28)30-4)12-20(25)19(16)15-27/h11-12,18H,5-10,13-15H2,1-4H3. The van der Waals surface area contributed by atoms with Crippen LogP contribution in [-0.2, 0) is 22.4 Å². The van der Waals surface area contributed by atoms with Gasteiger partial charge in [0.1, 0.15) is 11.4 Å². The van der Waals surface area contributed by atoms with E-state index in [9.17, 15) is 14.0 Å². The topological polar surface area (TPSA) is 59.1 Å². The van der Waals surface area contributed by atoms with Crippen molar-refractivity contribution in [3.63, 3.8) is 0 Å². The van der Waals surface area contributed by atoms with E-state index in [1.807, 2.05) is 25.7 Å². The minimum Gasteiger partial charge on any atom is -0.465 e. The molecule has 0 unspecified atom stereocenters. The zero-order valence-corrected chi connectivity index (χ0v) is 19.0. The first-order chi connectivity index (χ1) is 14.6. The minimum absolute atomic E-state index is 0.215. The number of hydrogen-bond acceptors (Lipinski definition) is 5. The Kier molecular flexibility index (Phi) is 5.75. The average Bonchev–Trinajstić information content (AvgIpc) is 2.70. The van der Waals surface area contributed by atoms with Crippen LogP contribution in [0.2, 0.25) is 0 Å². The first-order valence-corrected chi connectivity index (χ1v) is 11.2. The molecule has 1 aromatic carbocycles. The Labute approximate surface area is 183 Å². The predicted octanol–water partition coefficient (Wildman–Crippen LogP) is 4.15. The Morgan fingerprint density at radius 2 is 1.81 bits per heavy atom. The van der Waals surface area contributed by atoms with Gasteiger partial charge in [-0.15, -0.1) is 0 Å². The highest BCUT2D eigenvalue weighted by molar-refractivity contribution is 5.89. The molecule has 1 aliphatic carbocycles. The number of nitrogens with zero attached hydrogens (tertiary/aromatic N) is 2. The fourth-order valence-corrected chi connectivity index (χ4v) is 5.28. The van der Waals surface area contributed by atoms with Crippen LogP contribution in [-0.4, -0.2) is 60.2 Å². The van der Waals surface area contributed by atoms with Gasteiger partial charge in [0.25, 0.3) is 0 Å². The number of rotatable bonds is 2. The van der Waals surface area contributed by atoms with Gasteiger partial charge in [-0.2, -0.15) is 0 Å². The average molecular weight is 433 g/mol. The van der Waals surface area contributed by atoms with Gasteiger partial charge in [-0.1, -0.05) is 0 Å². The lowest BCUT2D eigenvalue weighted by Gasteiger charge is -2.55. The summed E-state index contributed by atoms with van der Waals surface area (Å²) >= 11 is 0. The van der Waals surface area contributed by atoms with Crippen LogP contribution in [0.5, 0.6) is 0 Å². The lowest BCUT2D eigenvalue weighted by molar-refractivity contribution is -0.0517. The molecule has 31 heavy (non-hydrogen) atoms. The number of halogens is 1. The number of methoxy groups -OCH3 is 1.